The highest BCUT2D eigenvalue weighted by atomic mass is 16.6. The number of hydrogen-bond donors (Lipinski definition) is 0. The van der Waals surface area contributed by atoms with E-state index in [0.29, 0.717) is 0 Å². The van der Waals surface area contributed by atoms with Gasteiger partial charge in [0.15, 0.2) is 0 Å². The summed E-state index contributed by atoms with van der Waals surface area (Å²) >= 11 is 0. The van der Waals surface area contributed by atoms with Crippen LogP contribution in [0.3, 0.4) is 0 Å². The number of hydrogen-bond acceptors (Lipinski definition) is 3. The van der Waals surface area contributed by atoms with Gasteiger partial charge in [-0.3, -0.25) is 15.1 Å². The van der Waals surface area contributed by atoms with Gasteiger partial charge >= 0.3 is 0 Å². The van der Waals surface area contributed by atoms with Gasteiger partial charge in [0.05, 0.1) is 10.4 Å². The second kappa shape index (κ2) is 3.06. The van der Waals surface area contributed by atoms with Crippen LogP contribution in [0, 0.1) is 17.0 Å². The van der Waals surface area contributed by atoms with Crippen LogP contribution in [0.15, 0.2) is 30.5 Å². The normalized spacial score (nSPS) is 10.4. The van der Waals surface area contributed by atoms with Gasteiger partial charge in [-0.05, 0) is 24.6 Å². The lowest BCUT2D eigenvalue weighted by molar-refractivity contribution is -0.384. The fraction of sp³-hybridized carbons (Fsp3) is 0. The molecule has 0 atom stereocenters. The van der Waals surface area contributed by atoms with Crippen LogP contribution in [0.2, 0.25) is 0 Å². The number of nitrogens with zero attached hydrogens (tertiary/aromatic N) is 2. The van der Waals surface area contributed by atoms with Crippen LogP contribution in [0.4, 0.5) is 5.69 Å². The Balaban J connectivity index is 2.76. The molecule has 0 aliphatic rings. The molecule has 0 saturated heterocycles. The van der Waals surface area contributed by atoms with E-state index < -0.39 is 4.92 Å². The first-order chi connectivity index (χ1) is 6.68. The maximum atomic E-state index is 10.5. The fourth-order valence-electron chi connectivity index (χ4n) is 1.30. The standard InChI is InChI=1S/C10H7N2O2/c1-7-4-5-11-10-3-2-8(12(13)14)6-9(7)10/h2-6H,1H2. The van der Waals surface area contributed by atoms with Crippen molar-refractivity contribution in [1.82, 2.24) is 4.98 Å². The molecule has 1 aromatic heterocycles. The van der Waals surface area contributed by atoms with Gasteiger partial charge in [-0.2, -0.15) is 0 Å². The van der Waals surface area contributed by atoms with Gasteiger partial charge in [-0.15, -0.1) is 0 Å². The molecule has 4 nitrogen and oxygen atoms in total. The maximum absolute atomic E-state index is 10.5. The zero-order valence-corrected chi connectivity index (χ0v) is 7.30. The molecule has 0 unspecified atom stereocenters. The summed E-state index contributed by atoms with van der Waals surface area (Å²) in [6.07, 6.45) is 1.64. The minimum Gasteiger partial charge on any atom is -0.258 e. The van der Waals surface area contributed by atoms with Gasteiger partial charge in [-0.1, -0.05) is 0 Å². The molecule has 0 N–H and O–H groups in total. The summed E-state index contributed by atoms with van der Waals surface area (Å²) in [4.78, 5) is 14.2. The molecule has 0 fully saturated rings. The summed E-state index contributed by atoms with van der Waals surface area (Å²) < 4.78 is 0. The minimum absolute atomic E-state index is 0.0652. The molecule has 2 aromatic rings. The highest BCUT2D eigenvalue weighted by Crippen LogP contribution is 2.21. The summed E-state index contributed by atoms with van der Waals surface area (Å²) in [6.45, 7) is 3.79. The zero-order chi connectivity index (χ0) is 10.1. The van der Waals surface area contributed by atoms with Crippen LogP contribution in [0.1, 0.15) is 5.56 Å². The summed E-state index contributed by atoms with van der Waals surface area (Å²) in [6, 6.07) is 6.29. The lowest BCUT2D eigenvalue weighted by Crippen LogP contribution is -1.89. The lowest BCUT2D eigenvalue weighted by Gasteiger charge is -1.99. The van der Waals surface area contributed by atoms with Crippen molar-refractivity contribution in [2.75, 3.05) is 0 Å². The molecule has 1 aromatic carbocycles. The van der Waals surface area contributed by atoms with Crippen molar-refractivity contribution < 1.29 is 4.92 Å². The third-order valence-corrected chi connectivity index (χ3v) is 2.03. The van der Waals surface area contributed by atoms with Crippen LogP contribution in [-0.4, -0.2) is 9.91 Å². The summed E-state index contributed by atoms with van der Waals surface area (Å²) in [5.41, 5.74) is 1.54. The van der Waals surface area contributed by atoms with Gasteiger partial charge < -0.3 is 0 Å². The lowest BCUT2D eigenvalue weighted by atomic mass is 10.1. The first kappa shape index (κ1) is 8.62. The average molecular weight is 187 g/mol. The number of non-ortho nitro benzene ring substituents is 1. The smallest absolute Gasteiger partial charge is 0.258 e. The molecule has 1 heterocycles. The molecule has 14 heavy (non-hydrogen) atoms. The quantitative estimate of drug-likeness (QED) is 0.508. The van der Waals surface area contributed by atoms with Gasteiger partial charge in [-0.25, -0.2) is 0 Å². The molecule has 0 saturated carbocycles. The van der Waals surface area contributed by atoms with Gasteiger partial charge in [0, 0.05) is 23.7 Å². The number of rotatable bonds is 1. The zero-order valence-electron chi connectivity index (χ0n) is 7.30. The Morgan fingerprint density at radius 1 is 1.36 bits per heavy atom. The van der Waals surface area contributed by atoms with E-state index in [2.05, 4.69) is 11.9 Å². The number of nitro groups is 1. The molecule has 0 spiro atoms. The molecule has 0 aliphatic heterocycles. The Bertz CT molecular complexity index is 508. The second-order valence-corrected chi connectivity index (χ2v) is 2.93. The number of nitro benzene ring substituents is 1. The maximum Gasteiger partial charge on any atom is 0.270 e. The van der Waals surface area contributed by atoms with E-state index in [9.17, 15) is 10.1 Å². The Hall–Kier alpha value is -1.97. The first-order valence-electron chi connectivity index (χ1n) is 4.03. The highest BCUT2D eigenvalue weighted by Gasteiger charge is 2.07. The Labute approximate surface area is 80.4 Å². The molecular formula is C10H7N2O2. The molecule has 0 bridgehead atoms. The summed E-state index contributed by atoms with van der Waals surface area (Å²) in [5.74, 6) is 0. The van der Waals surface area contributed by atoms with Crippen molar-refractivity contribution >= 4 is 16.6 Å². The van der Waals surface area contributed by atoms with Crippen LogP contribution >= 0.6 is 0 Å². The van der Waals surface area contributed by atoms with E-state index in [1.165, 1.54) is 12.1 Å². The average Bonchev–Trinajstić information content (AvgIpc) is 2.18. The van der Waals surface area contributed by atoms with Crippen molar-refractivity contribution in [2.24, 2.45) is 0 Å². The molecule has 0 amide bonds. The molecule has 0 aliphatic carbocycles. The third kappa shape index (κ3) is 1.31. The molecule has 69 valence electrons. The van der Waals surface area contributed by atoms with Crippen molar-refractivity contribution in [1.29, 1.82) is 0 Å². The highest BCUT2D eigenvalue weighted by molar-refractivity contribution is 5.84. The number of fused-ring (bicyclic) bond motifs is 1. The second-order valence-electron chi connectivity index (χ2n) is 2.93. The van der Waals surface area contributed by atoms with Gasteiger partial charge in [0.25, 0.3) is 5.69 Å². The van der Waals surface area contributed by atoms with E-state index in [-0.39, 0.29) is 5.69 Å². The third-order valence-electron chi connectivity index (χ3n) is 2.03. The van der Waals surface area contributed by atoms with Crippen molar-refractivity contribution in [3.05, 3.63) is 53.1 Å². The van der Waals surface area contributed by atoms with E-state index in [1.807, 2.05) is 0 Å². The first-order valence-corrected chi connectivity index (χ1v) is 4.03. The minimum atomic E-state index is -0.425. The number of pyridine rings is 1. The molecule has 1 radical (unpaired) electrons. The topological polar surface area (TPSA) is 56.0 Å². The van der Waals surface area contributed by atoms with E-state index in [4.69, 9.17) is 0 Å². The predicted molar refractivity (Wildman–Crippen MR) is 52.9 cm³/mol. The van der Waals surface area contributed by atoms with Crippen molar-refractivity contribution in [3.63, 3.8) is 0 Å². The molecular weight excluding hydrogens is 180 g/mol. The largest absolute Gasteiger partial charge is 0.270 e. The predicted octanol–water partition coefficient (Wildman–Crippen LogP) is 2.33. The Morgan fingerprint density at radius 3 is 2.86 bits per heavy atom. The number of benzene rings is 1. The number of aromatic nitrogens is 1. The van der Waals surface area contributed by atoms with E-state index >= 15 is 0 Å². The van der Waals surface area contributed by atoms with Crippen LogP contribution in [0.5, 0.6) is 0 Å². The van der Waals surface area contributed by atoms with Crippen LogP contribution in [-0.2, 0) is 0 Å². The van der Waals surface area contributed by atoms with Crippen LogP contribution in [0.25, 0.3) is 10.9 Å². The summed E-state index contributed by atoms with van der Waals surface area (Å²) in [5, 5.41) is 11.2. The van der Waals surface area contributed by atoms with E-state index in [0.717, 1.165) is 16.5 Å². The van der Waals surface area contributed by atoms with Crippen molar-refractivity contribution in [2.45, 2.75) is 0 Å². The summed E-state index contributed by atoms with van der Waals surface area (Å²) in [7, 11) is 0. The Kier molecular flexibility index (Phi) is 1.89. The van der Waals surface area contributed by atoms with Gasteiger partial charge in [0.2, 0.25) is 0 Å². The SMILES string of the molecule is [CH2]c1ccnc2ccc([N+](=O)[O-])cc12. The van der Waals surface area contributed by atoms with Gasteiger partial charge in [0.1, 0.15) is 0 Å². The molecule has 4 heteroatoms. The monoisotopic (exact) mass is 187 g/mol. The fourth-order valence-corrected chi connectivity index (χ4v) is 1.30. The van der Waals surface area contributed by atoms with E-state index in [1.54, 1.807) is 18.3 Å². The van der Waals surface area contributed by atoms with Crippen LogP contribution < -0.4 is 0 Å². The van der Waals surface area contributed by atoms with Crippen molar-refractivity contribution in [3.8, 4) is 0 Å². The molecule has 2 rings (SSSR count). The Morgan fingerprint density at radius 2 is 2.14 bits per heavy atom.